The van der Waals surface area contributed by atoms with E-state index in [0.29, 0.717) is 23.9 Å². The molecule has 1 aromatic heterocycles. The van der Waals surface area contributed by atoms with Crippen LogP contribution in [0.25, 0.3) is 0 Å². The van der Waals surface area contributed by atoms with Crippen molar-refractivity contribution in [3.63, 3.8) is 0 Å². The molecule has 3 heterocycles. The van der Waals surface area contributed by atoms with Crippen molar-refractivity contribution in [2.45, 2.75) is 31.8 Å². The molecular weight excluding hydrogens is 322 g/mol. The smallest absolute Gasteiger partial charge is 0.276 e. The molecule has 0 saturated carbocycles. The van der Waals surface area contributed by atoms with E-state index in [1.807, 2.05) is 4.90 Å². The number of nitrogens with zero attached hydrogens (tertiary/aromatic N) is 3. The lowest BCUT2D eigenvalue weighted by Gasteiger charge is -2.39. The monoisotopic (exact) mass is 351 g/mol. The first kappa shape index (κ1) is 18.4. The molecule has 25 heavy (non-hydrogen) atoms. The lowest BCUT2D eigenvalue weighted by Crippen LogP contribution is -2.50. The number of aromatic nitrogens is 1. The molecule has 140 valence electrons. The SMILES string of the molecule is COCCN(C)C[C@@H]1CO[C@@]2(CCCN(C(=O)c3cc(C)on3)C2)C1. The number of rotatable bonds is 6. The van der Waals surface area contributed by atoms with E-state index >= 15 is 0 Å². The van der Waals surface area contributed by atoms with E-state index in [9.17, 15) is 4.79 Å². The number of piperidine rings is 1. The van der Waals surface area contributed by atoms with E-state index in [1.54, 1.807) is 20.1 Å². The Labute approximate surface area is 149 Å². The molecule has 0 unspecified atom stereocenters. The summed E-state index contributed by atoms with van der Waals surface area (Å²) in [6.45, 7) is 6.64. The standard InChI is InChI=1S/C18H29N3O4/c1-14-9-16(19-25-14)17(22)21-6-4-5-18(13-21)10-15(12-24-18)11-20(2)7-8-23-3/h9,15H,4-8,10-13H2,1-3H3/t15-,18+/m1/s1. The Bertz CT molecular complexity index is 591. The van der Waals surface area contributed by atoms with Crippen LogP contribution in [-0.4, -0.2) is 80.0 Å². The minimum absolute atomic E-state index is 0.0554. The Morgan fingerprint density at radius 1 is 1.56 bits per heavy atom. The number of amides is 1. The van der Waals surface area contributed by atoms with E-state index in [4.69, 9.17) is 14.0 Å². The van der Waals surface area contributed by atoms with Crippen molar-refractivity contribution in [3.8, 4) is 0 Å². The summed E-state index contributed by atoms with van der Waals surface area (Å²) in [5.41, 5.74) is 0.197. The molecule has 2 atom stereocenters. The molecule has 3 rings (SSSR count). The van der Waals surface area contributed by atoms with Crippen molar-refractivity contribution in [2.24, 2.45) is 5.92 Å². The van der Waals surface area contributed by atoms with Crippen molar-refractivity contribution in [3.05, 3.63) is 17.5 Å². The van der Waals surface area contributed by atoms with Gasteiger partial charge >= 0.3 is 0 Å². The van der Waals surface area contributed by atoms with E-state index in [2.05, 4.69) is 17.1 Å². The first-order chi connectivity index (χ1) is 12.0. The van der Waals surface area contributed by atoms with Crippen LogP contribution in [0, 0.1) is 12.8 Å². The Morgan fingerprint density at radius 2 is 2.40 bits per heavy atom. The van der Waals surface area contributed by atoms with Gasteiger partial charge in [0.1, 0.15) is 5.76 Å². The largest absolute Gasteiger partial charge is 0.383 e. The van der Waals surface area contributed by atoms with Gasteiger partial charge < -0.3 is 23.8 Å². The summed E-state index contributed by atoms with van der Waals surface area (Å²) < 4.78 is 16.4. The molecule has 7 heteroatoms. The number of hydrogen-bond acceptors (Lipinski definition) is 6. The highest BCUT2D eigenvalue weighted by atomic mass is 16.5. The van der Waals surface area contributed by atoms with Crippen LogP contribution in [0.2, 0.25) is 0 Å². The summed E-state index contributed by atoms with van der Waals surface area (Å²) in [5, 5.41) is 3.86. The number of carbonyl (C=O) groups excluding carboxylic acids is 1. The normalized spacial score (nSPS) is 26.7. The Hall–Kier alpha value is -1.44. The third-order valence-electron chi connectivity index (χ3n) is 5.21. The van der Waals surface area contributed by atoms with Crippen LogP contribution in [0.3, 0.4) is 0 Å². The average molecular weight is 351 g/mol. The van der Waals surface area contributed by atoms with Gasteiger partial charge in [-0.25, -0.2) is 0 Å². The summed E-state index contributed by atoms with van der Waals surface area (Å²) in [6.07, 6.45) is 2.99. The fourth-order valence-corrected chi connectivity index (χ4v) is 4.02. The second-order valence-corrected chi connectivity index (χ2v) is 7.47. The highest BCUT2D eigenvalue weighted by molar-refractivity contribution is 5.92. The van der Waals surface area contributed by atoms with Crippen LogP contribution >= 0.6 is 0 Å². The maximum absolute atomic E-state index is 12.7. The molecule has 1 amide bonds. The van der Waals surface area contributed by atoms with Gasteiger partial charge in [-0.2, -0.15) is 0 Å². The molecule has 1 aromatic rings. The zero-order chi connectivity index (χ0) is 17.9. The third-order valence-corrected chi connectivity index (χ3v) is 5.21. The number of carbonyl (C=O) groups is 1. The number of ether oxygens (including phenoxy) is 2. The van der Waals surface area contributed by atoms with Crippen LogP contribution in [0.1, 0.15) is 35.5 Å². The van der Waals surface area contributed by atoms with Crippen LogP contribution < -0.4 is 0 Å². The van der Waals surface area contributed by atoms with E-state index in [1.165, 1.54) is 0 Å². The third kappa shape index (κ3) is 4.40. The van der Waals surface area contributed by atoms with Crippen molar-refractivity contribution in [1.29, 1.82) is 0 Å². The molecule has 0 N–H and O–H groups in total. The maximum Gasteiger partial charge on any atom is 0.276 e. The second kappa shape index (κ2) is 7.85. The molecule has 1 spiro atoms. The summed E-state index contributed by atoms with van der Waals surface area (Å²) in [5.74, 6) is 1.11. The predicted octanol–water partition coefficient (Wildman–Crippen LogP) is 1.57. The molecule has 0 bridgehead atoms. The first-order valence-electron chi connectivity index (χ1n) is 9.05. The molecule has 0 aliphatic carbocycles. The topological polar surface area (TPSA) is 68.0 Å². The van der Waals surface area contributed by atoms with E-state index < -0.39 is 0 Å². The van der Waals surface area contributed by atoms with Crippen LogP contribution in [-0.2, 0) is 9.47 Å². The van der Waals surface area contributed by atoms with Crippen molar-refractivity contribution >= 4 is 5.91 Å². The van der Waals surface area contributed by atoms with Gasteiger partial charge in [0.05, 0.1) is 25.4 Å². The highest BCUT2D eigenvalue weighted by Gasteiger charge is 2.44. The zero-order valence-corrected chi connectivity index (χ0v) is 15.5. The van der Waals surface area contributed by atoms with Crippen LogP contribution in [0.15, 0.2) is 10.6 Å². The predicted molar refractivity (Wildman–Crippen MR) is 92.5 cm³/mol. The van der Waals surface area contributed by atoms with Gasteiger partial charge in [-0.05, 0) is 39.2 Å². The fourth-order valence-electron chi connectivity index (χ4n) is 4.02. The summed E-state index contributed by atoms with van der Waals surface area (Å²) in [7, 11) is 3.85. The number of likely N-dealkylation sites (tertiary alicyclic amines) is 1. The zero-order valence-electron chi connectivity index (χ0n) is 15.5. The van der Waals surface area contributed by atoms with Crippen molar-refractivity contribution in [1.82, 2.24) is 15.0 Å². The molecular formula is C18H29N3O4. The molecule has 2 aliphatic rings. The Morgan fingerprint density at radius 3 is 3.12 bits per heavy atom. The summed E-state index contributed by atoms with van der Waals surface area (Å²) >= 11 is 0. The van der Waals surface area contributed by atoms with Crippen molar-refractivity contribution in [2.75, 3.05) is 53.6 Å². The molecule has 0 radical (unpaired) electrons. The van der Waals surface area contributed by atoms with E-state index in [0.717, 1.165) is 52.1 Å². The highest BCUT2D eigenvalue weighted by Crippen LogP contribution is 2.38. The first-order valence-corrected chi connectivity index (χ1v) is 9.05. The van der Waals surface area contributed by atoms with Gasteiger partial charge in [0, 0.05) is 32.8 Å². The number of aryl methyl sites for hydroxylation is 1. The average Bonchev–Trinajstić information content (AvgIpc) is 3.19. The second-order valence-electron chi connectivity index (χ2n) is 7.47. The lowest BCUT2D eigenvalue weighted by atomic mass is 9.86. The molecule has 0 aromatic carbocycles. The van der Waals surface area contributed by atoms with Crippen LogP contribution in [0.4, 0.5) is 0 Å². The number of hydrogen-bond donors (Lipinski definition) is 0. The van der Waals surface area contributed by atoms with Crippen molar-refractivity contribution < 1.29 is 18.8 Å². The molecule has 2 fully saturated rings. The Kier molecular flexibility index (Phi) is 5.76. The van der Waals surface area contributed by atoms with Gasteiger partial charge in [-0.3, -0.25) is 4.79 Å². The summed E-state index contributed by atoms with van der Waals surface area (Å²) in [4.78, 5) is 16.8. The Balaban J connectivity index is 1.56. The molecule has 2 aliphatic heterocycles. The van der Waals surface area contributed by atoms with Gasteiger partial charge in [0.25, 0.3) is 5.91 Å². The van der Waals surface area contributed by atoms with Gasteiger partial charge in [0.2, 0.25) is 0 Å². The maximum atomic E-state index is 12.7. The van der Waals surface area contributed by atoms with Gasteiger partial charge in [-0.1, -0.05) is 5.16 Å². The van der Waals surface area contributed by atoms with Gasteiger partial charge in [0.15, 0.2) is 5.69 Å². The minimum Gasteiger partial charge on any atom is -0.383 e. The quantitative estimate of drug-likeness (QED) is 0.775. The summed E-state index contributed by atoms with van der Waals surface area (Å²) in [6, 6.07) is 1.70. The van der Waals surface area contributed by atoms with Gasteiger partial charge in [-0.15, -0.1) is 0 Å². The van der Waals surface area contributed by atoms with E-state index in [-0.39, 0.29) is 11.5 Å². The number of likely N-dealkylation sites (N-methyl/N-ethyl adjacent to an activating group) is 1. The number of methoxy groups -OCH3 is 1. The molecule has 2 saturated heterocycles. The fraction of sp³-hybridized carbons (Fsp3) is 0.778. The minimum atomic E-state index is -0.195. The molecule has 7 nitrogen and oxygen atoms in total. The lowest BCUT2D eigenvalue weighted by molar-refractivity contribution is -0.0452. The van der Waals surface area contributed by atoms with Crippen LogP contribution in [0.5, 0.6) is 0 Å².